The van der Waals surface area contributed by atoms with Gasteiger partial charge in [-0.2, -0.15) is 11.8 Å². The SMILES string of the molecule is CCCCN1CCC(N[C@H](C)CSCC(C)C)CC1. The lowest BCUT2D eigenvalue weighted by atomic mass is 10.0. The van der Waals surface area contributed by atoms with Crippen molar-refractivity contribution in [2.75, 3.05) is 31.1 Å². The van der Waals surface area contributed by atoms with Crippen LogP contribution in [-0.4, -0.2) is 48.1 Å². The van der Waals surface area contributed by atoms with Crippen LogP contribution in [0, 0.1) is 5.92 Å². The molecular weight excluding hydrogens is 252 g/mol. The molecule has 0 aromatic rings. The van der Waals surface area contributed by atoms with Crippen LogP contribution in [0.2, 0.25) is 0 Å². The molecule has 3 heteroatoms. The Morgan fingerprint density at radius 2 is 1.84 bits per heavy atom. The average Bonchev–Trinajstić information content (AvgIpc) is 2.37. The standard InChI is InChI=1S/C16H34N2S/c1-5-6-9-18-10-7-16(8-11-18)17-15(4)13-19-12-14(2)3/h14-17H,5-13H2,1-4H3/t15-/m1/s1. The number of thioether (sulfide) groups is 1. The smallest absolute Gasteiger partial charge is 0.0132 e. The van der Waals surface area contributed by atoms with Gasteiger partial charge in [-0.25, -0.2) is 0 Å². The number of rotatable bonds is 9. The summed E-state index contributed by atoms with van der Waals surface area (Å²) in [5, 5.41) is 3.82. The van der Waals surface area contributed by atoms with E-state index >= 15 is 0 Å². The Morgan fingerprint density at radius 3 is 2.42 bits per heavy atom. The normalized spacial score (nSPS) is 20.1. The summed E-state index contributed by atoms with van der Waals surface area (Å²) in [6.45, 7) is 13.1. The minimum atomic E-state index is 0.663. The summed E-state index contributed by atoms with van der Waals surface area (Å²) in [7, 11) is 0. The first kappa shape index (κ1) is 17.3. The minimum absolute atomic E-state index is 0.663. The van der Waals surface area contributed by atoms with Crippen molar-refractivity contribution in [3.63, 3.8) is 0 Å². The lowest BCUT2D eigenvalue weighted by Gasteiger charge is -2.34. The first-order chi connectivity index (χ1) is 9.11. The number of unbranched alkanes of at least 4 members (excludes halogenated alkanes) is 1. The van der Waals surface area contributed by atoms with Crippen LogP contribution in [-0.2, 0) is 0 Å². The Balaban J connectivity index is 2.07. The molecule has 0 amide bonds. The number of likely N-dealkylation sites (tertiary alicyclic amines) is 1. The predicted octanol–water partition coefficient (Wildman–Crippen LogP) is 3.62. The van der Waals surface area contributed by atoms with E-state index in [4.69, 9.17) is 0 Å². The van der Waals surface area contributed by atoms with E-state index in [-0.39, 0.29) is 0 Å². The summed E-state index contributed by atoms with van der Waals surface area (Å²) < 4.78 is 0. The highest BCUT2D eigenvalue weighted by molar-refractivity contribution is 7.99. The lowest BCUT2D eigenvalue weighted by Crippen LogP contribution is -2.46. The Labute approximate surface area is 125 Å². The predicted molar refractivity (Wildman–Crippen MR) is 89.1 cm³/mol. The van der Waals surface area contributed by atoms with Crippen molar-refractivity contribution in [1.29, 1.82) is 0 Å². The van der Waals surface area contributed by atoms with Crippen LogP contribution in [0.15, 0.2) is 0 Å². The lowest BCUT2D eigenvalue weighted by molar-refractivity contribution is 0.191. The number of nitrogens with zero attached hydrogens (tertiary/aromatic N) is 1. The van der Waals surface area contributed by atoms with Gasteiger partial charge in [0.15, 0.2) is 0 Å². The van der Waals surface area contributed by atoms with Crippen molar-refractivity contribution < 1.29 is 0 Å². The Morgan fingerprint density at radius 1 is 1.16 bits per heavy atom. The molecule has 0 aromatic carbocycles. The highest BCUT2D eigenvalue weighted by atomic mass is 32.2. The van der Waals surface area contributed by atoms with Crippen LogP contribution >= 0.6 is 11.8 Å². The number of hydrogen-bond acceptors (Lipinski definition) is 3. The average molecular weight is 287 g/mol. The van der Waals surface area contributed by atoms with Gasteiger partial charge in [-0.1, -0.05) is 27.2 Å². The van der Waals surface area contributed by atoms with Gasteiger partial charge in [-0.15, -0.1) is 0 Å². The van der Waals surface area contributed by atoms with Gasteiger partial charge in [0.1, 0.15) is 0 Å². The number of hydrogen-bond donors (Lipinski definition) is 1. The fraction of sp³-hybridized carbons (Fsp3) is 1.00. The zero-order valence-corrected chi connectivity index (χ0v) is 14.3. The molecule has 1 saturated heterocycles. The van der Waals surface area contributed by atoms with Crippen LogP contribution in [0.1, 0.15) is 53.4 Å². The summed E-state index contributed by atoms with van der Waals surface area (Å²) >= 11 is 2.10. The molecule has 0 bridgehead atoms. The van der Waals surface area contributed by atoms with Crippen molar-refractivity contribution in [1.82, 2.24) is 10.2 Å². The van der Waals surface area contributed by atoms with Crippen molar-refractivity contribution in [3.8, 4) is 0 Å². The quantitative estimate of drug-likeness (QED) is 0.697. The van der Waals surface area contributed by atoms with Crippen molar-refractivity contribution in [3.05, 3.63) is 0 Å². The van der Waals surface area contributed by atoms with E-state index in [1.165, 1.54) is 56.8 Å². The van der Waals surface area contributed by atoms with E-state index in [1.807, 2.05) is 0 Å². The largest absolute Gasteiger partial charge is 0.311 e. The maximum absolute atomic E-state index is 3.82. The van der Waals surface area contributed by atoms with Gasteiger partial charge in [0.05, 0.1) is 0 Å². The van der Waals surface area contributed by atoms with Gasteiger partial charge in [-0.3, -0.25) is 0 Å². The van der Waals surface area contributed by atoms with Crippen LogP contribution in [0.4, 0.5) is 0 Å². The van der Waals surface area contributed by atoms with Crippen LogP contribution < -0.4 is 5.32 Å². The monoisotopic (exact) mass is 286 g/mol. The Kier molecular flexibility index (Phi) is 9.17. The van der Waals surface area contributed by atoms with E-state index < -0.39 is 0 Å². The maximum atomic E-state index is 3.82. The van der Waals surface area contributed by atoms with Gasteiger partial charge >= 0.3 is 0 Å². The summed E-state index contributed by atoms with van der Waals surface area (Å²) in [5.74, 6) is 3.37. The molecule has 0 spiro atoms. The zero-order chi connectivity index (χ0) is 14.1. The van der Waals surface area contributed by atoms with Crippen molar-refractivity contribution in [2.24, 2.45) is 5.92 Å². The molecule has 0 unspecified atom stereocenters. The van der Waals surface area contributed by atoms with Crippen LogP contribution in [0.25, 0.3) is 0 Å². The van der Waals surface area contributed by atoms with E-state index in [1.54, 1.807) is 0 Å². The van der Waals surface area contributed by atoms with Crippen molar-refractivity contribution >= 4 is 11.8 Å². The summed E-state index contributed by atoms with van der Waals surface area (Å²) in [5.41, 5.74) is 0. The molecule has 0 radical (unpaired) electrons. The molecular formula is C16H34N2S. The van der Waals surface area contributed by atoms with E-state index in [2.05, 4.69) is 49.7 Å². The molecule has 1 fully saturated rings. The Hall–Kier alpha value is 0.270. The topological polar surface area (TPSA) is 15.3 Å². The summed E-state index contributed by atoms with van der Waals surface area (Å²) in [6.07, 6.45) is 5.36. The fourth-order valence-electron chi connectivity index (χ4n) is 2.64. The van der Waals surface area contributed by atoms with Crippen LogP contribution in [0.3, 0.4) is 0 Å². The Bertz CT molecular complexity index is 213. The third kappa shape index (κ3) is 8.21. The van der Waals surface area contributed by atoms with Gasteiger partial charge in [0, 0.05) is 17.8 Å². The van der Waals surface area contributed by atoms with E-state index in [0.29, 0.717) is 6.04 Å². The molecule has 1 atom stereocenters. The fourth-order valence-corrected chi connectivity index (χ4v) is 3.69. The van der Waals surface area contributed by atoms with Crippen molar-refractivity contribution in [2.45, 2.75) is 65.5 Å². The van der Waals surface area contributed by atoms with Gasteiger partial charge in [-0.05, 0) is 57.5 Å². The van der Waals surface area contributed by atoms with Gasteiger partial charge in [0.2, 0.25) is 0 Å². The number of nitrogens with one attached hydrogen (secondary N) is 1. The highest BCUT2D eigenvalue weighted by Gasteiger charge is 2.19. The third-order valence-electron chi connectivity index (χ3n) is 3.75. The van der Waals surface area contributed by atoms with Crippen LogP contribution in [0.5, 0.6) is 0 Å². The zero-order valence-electron chi connectivity index (χ0n) is 13.5. The first-order valence-corrected chi connectivity index (χ1v) is 9.33. The van der Waals surface area contributed by atoms with E-state index in [9.17, 15) is 0 Å². The molecule has 1 rings (SSSR count). The molecule has 2 nitrogen and oxygen atoms in total. The molecule has 1 heterocycles. The third-order valence-corrected chi connectivity index (χ3v) is 5.39. The first-order valence-electron chi connectivity index (χ1n) is 8.18. The second kappa shape index (κ2) is 10.1. The maximum Gasteiger partial charge on any atom is 0.0132 e. The molecule has 0 aromatic heterocycles. The molecule has 1 N–H and O–H groups in total. The van der Waals surface area contributed by atoms with Gasteiger partial charge < -0.3 is 10.2 Å². The van der Waals surface area contributed by atoms with Gasteiger partial charge in [0.25, 0.3) is 0 Å². The second-order valence-corrected chi connectivity index (χ2v) is 7.54. The van der Waals surface area contributed by atoms with E-state index in [0.717, 1.165) is 12.0 Å². The molecule has 19 heavy (non-hydrogen) atoms. The molecule has 1 aliphatic rings. The second-order valence-electron chi connectivity index (χ2n) is 6.47. The highest BCUT2D eigenvalue weighted by Crippen LogP contribution is 2.14. The number of piperidine rings is 1. The summed E-state index contributed by atoms with van der Waals surface area (Å²) in [4.78, 5) is 2.64. The molecule has 1 aliphatic heterocycles. The molecule has 0 aliphatic carbocycles. The molecule has 0 saturated carbocycles. The summed E-state index contributed by atoms with van der Waals surface area (Å²) in [6, 6.07) is 1.42. The molecule has 114 valence electrons. The minimum Gasteiger partial charge on any atom is -0.311 e.